The summed E-state index contributed by atoms with van der Waals surface area (Å²) < 4.78 is 5.35. The molecule has 120 valence electrons. The SMILES string of the molecule is COc1ccc(/C=C/C(=O)NO)c(-c2cccc3ccccc23)c1. The van der Waals surface area contributed by atoms with Crippen LogP contribution >= 0.6 is 0 Å². The molecule has 1 amide bonds. The third-order valence-corrected chi connectivity index (χ3v) is 3.86. The first-order valence-corrected chi connectivity index (χ1v) is 7.51. The summed E-state index contributed by atoms with van der Waals surface area (Å²) in [7, 11) is 1.62. The van der Waals surface area contributed by atoms with Crippen molar-refractivity contribution < 1.29 is 14.7 Å². The molecule has 0 fully saturated rings. The van der Waals surface area contributed by atoms with Gasteiger partial charge >= 0.3 is 0 Å². The maximum Gasteiger partial charge on any atom is 0.267 e. The van der Waals surface area contributed by atoms with Crippen LogP contribution in [-0.4, -0.2) is 18.2 Å². The molecule has 0 unspecified atom stereocenters. The van der Waals surface area contributed by atoms with Gasteiger partial charge in [0.05, 0.1) is 7.11 Å². The summed E-state index contributed by atoms with van der Waals surface area (Å²) in [6.45, 7) is 0. The zero-order chi connectivity index (χ0) is 16.9. The van der Waals surface area contributed by atoms with Gasteiger partial charge in [-0.05, 0) is 45.7 Å². The molecule has 4 heteroatoms. The molecule has 0 radical (unpaired) electrons. The fraction of sp³-hybridized carbons (Fsp3) is 0.0500. The van der Waals surface area contributed by atoms with Crippen LogP contribution in [0.3, 0.4) is 0 Å². The number of nitrogens with one attached hydrogen (secondary N) is 1. The molecule has 0 bridgehead atoms. The lowest BCUT2D eigenvalue weighted by Crippen LogP contribution is -2.14. The van der Waals surface area contributed by atoms with E-state index >= 15 is 0 Å². The smallest absolute Gasteiger partial charge is 0.267 e. The molecule has 0 spiro atoms. The Balaban J connectivity index is 2.20. The van der Waals surface area contributed by atoms with Gasteiger partial charge in [0.1, 0.15) is 5.75 Å². The highest BCUT2D eigenvalue weighted by Crippen LogP contribution is 2.34. The predicted octanol–water partition coefficient (Wildman–Crippen LogP) is 4.03. The lowest BCUT2D eigenvalue weighted by Gasteiger charge is -2.12. The number of amides is 1. The van der Waals surface area contributed by atoms with Crippen LogP contribution in [0.2, 0.25) is 0 Å². The minimum Gasteiger partial charge on any atom is -0.497 e. The highest BCUT2D eigenvalue weighted by atomic mass is 16.5. The Morgan fingerprint density at radius 3 is 2.62 bits per heavy atom. The molecule has 0 atom stereocenters. The first kappa shape index (κ1) is 15.8. The highest BCUT2D eigenvalue weighted by Gasteiger charge is 2.09. The van der Waals surface area contributed by atoms with Crippen molar-refractivity contribution in [2.24, 2.45) is 0 Å². The number of hydroxylamine groups is 1. The summed E-state index contributed by atoms with van der Waals surface area (Å²) >= 11 is 0. The molecule has 0 aliphatic carbocycles. The van der Waals surface area contributed by atoms with Crippen LogP contribution in [0.5, 0.6) is 5.75 Å². The minimum absolute atomic E-state index is 0.574. The number of fused-ring (bicyclic) bond motifs is 1. The number of carbonyl (C=O) groups excluding carboxylic acids is 1. The monoisotopic (exact) mass is 319 g/mol. The Morgan fingerprint density at radius 2 is 1.83 bits per heavy atom. The molecule has 0 aromatic heterocycles. The Morgan fingerprint density at radius 1 is 1.04 bits per heavy atom. The van der Waals surface area contributed by atoms with E-state index in [0.29, 0.717) is 0 Å². The van der Waals surface area contributed by atoms with E-state index in [1.807, 2.05) is 42.5 Å². The van der Waals surface area contributed by atoms with Gasteiger partial charge in [0, 0.05) is 6.08 Å². The molecule has 0 saturated carbocycles. The number of hydrogen-bond acceptors (Lipinski definition) is 3. The minimum atomic E-state index is -0.574. The molecule has 0 saturated heterocycles. The summed E-state index contributed by atoms with van der Waals surface area (Å²) in [5.41, 5.74) is 4.46. The second-order valence-corrected chi connectivity index (χ2v) is 5.29. The van der Waals surface area contributed by atoms with Crippen molar-refractivity contribution in [1.29, 1.82) is 0 Å². The van der Waals surface area contributed by atoms with E-state index in [2.05, 4.69) is 18.2 Å². The number of hydrogen-bond donors (Lipinski definition) is 2. The molecule has 3 rings (SSSR count). The normalized spacial score (nSPS) is 10.9. The topological polar surface area (TPSA) is 58.6 Å². The summed E-state index contributed by atoms with van der Waals surface area (Å²) in [6.07, 6.45) is 2.96. The zero-order valence-corrected chi connectivity index (χ0v) is 13.2. The molecule has 0 heterocycles. The quantitative estimate of drug-likeness (QED) is 0.433. The van der Waals surface area contributed by atoms with Crippen LogP contribution in [0.4, 0.5) is 0 Å². The molecule has 4 nitrogen and oxygen atoms in total. The molecule has 24 heavy (non-hydrogen) atoms. The van der Waals surface area contributed by atoms with Crippen LogP contribution in [-0.2, 0) is 4.79 Å². The first-order valence-electron chi connectivity index (χ1n) is 7.51. The largest absolute Gasteiger partial charge is 0.497 e. The fourth-order valence-corrected chi connectivity index (χ4v) is 2.70. The highest BCUT2D eigenvalue weighted by molar-refractivity contribution is 5.99. The number of ether oxygens (including phenoxy) is 1. The van der Waals surface area contributed by atoms with Gasteiger partial charge in [-0.15, -0.1) is 0 Å². The number of methoxy groups -OCH3 is 1. The molecular weight excluding hydrogens is 302 g/mol. The van der Waals surface area contributed by atoms with Gasteiger partial charge in [0.15, 0.2) is 0 Å². The average Bonchev–Trinajstić information content (AvgIpc) is 2.65. The van der Waals surface area contributed by atoms with Crippen LogP contribution in [0.1, 0.15) is 5.56 Å². The molecule has 3 aromatic carbocycles. The van der Waals surface area contributed by atoms with Crippen LogP contribution < -0.4 is 10.2 Å². The van der Waals surface area contributed by atoms with Gasteiger partial charge < -0.3 is 4.74 Å². The van der Waals surface area contributed by atoms with Crippen molar-refractivity contribution in [1.82, 2.24) is 5.48 Å². The number of benzene rings is 3. The van der Waals surface area contributed by atoms with E-state index in [-0.39, 0.29) is 0 Å². The molecule has 0 aliphatic rings. The van der Waals surface area contributed by atoms with Crippen LogP contribution in [0.25, 0.3) is 28.0 Å². The molecule has 3 aromatic rings. The fourth-order valence-electron chi connectivity index (χ4n) is 2.70. The van der Waals surface area contributed by atoms with Crippen molar-refractivity contribution in [3.05, 3.63) is 72.3 Å². The lowest BCUT2D eigenvalue weighted by molar-refractivity contribution is -0.124. The standard InChI is InChI=1S/C20H17NO3/c1-24-16-11-9-15(10-12-20(22)21-23)19(13-16)18-8-4-6-14-5-2-3-7-17(14)18/h2-13,23H,1H3,(H,21,22)/b12-10+. The zero-order valence-electron chi connectivity index (χ0n) is 13.2. The third-order valence-electron chi connectivity index (χ3n) is 3.86. The van der Waals surface area contributed by atoms with E-state index in [0.717, 1.165) is 33.2 Å². The van der Waals surface area contributed by atoms with E-state index in [4.69, 9.17) is 9.94 Å². The van der Waals surface area contributed by atoms with Gasteiger partial charge in [0.25, 0.3) is 5.91 Å². The Labute approximate surface area is 140 Å². The van der Waals surface area contributed by atoms with Crippen molar-refractivity contribution in [3.8, 4) is 16.9 Å². The van der Waals surface area contributed by atoms with Gasteiger partial charge in [0.2, 0.25) is 0 Å². The van der Waals surface area contributed by atoms with Gasteiger partial charge in [-0.1, -0.05) is 48.5 Å². The molecule has 0 aliphatic heterocycles. The summed E-state index contributed by atoms with van der Waals surface area (Å²) in [5, 5.41) is 10.9. The maximum absolute atomic E-state index is 11.3. The average molecular weight is 319 g/mol. The number of rotatable bonds is 4. The molecular formula is C20H17NO3. The predicted molar refractivity (Wildman–Crippen MR) is 94.9 cm³/mol. The van der Waals surface area contributed by atoms with Gasteiger partial charge in [-0.3, -0.25) is 10.0 Å². The van der Waals surface area contributed by atoms with Crippen molar-refractivity contribution in [3.63, 3.8) is 0 Å². The van der Waals surface area contributed by atoms with Crippen LogP contribution in [0, 0.1) is 0 Å². The summed E-state index contributed by atoms with van der Waals surface area (Å²) in [5.74, 6) is 0.163. The Hall–Kier alpha value is -3.11. The Bertz CT molecular complexity index is 910. The van der Waals surface area contributed by atoms with Crippen LogP contribution in [0.15, 0.2) is 66.7 Å². The van der Waals surface area contributed by atoms with E-state index in [9.17, 15) is 4.79 Å². The van der Waals surface area contributed by atoms with E-state index < -0.39 is 5.91 Å². The van der Waals surface area contributed by atoms with Gasteiger partial charge in [-0.25, -0.2) is 5.48 Å². The second kappa shape index (κ2) is 6.98. The number of carbonyl (C=O) groups is 1. The third kappa shape index (κ3) is 3.14. The summed E-state index contributed by atoms with van der Waals surface area (Å²) in [4.78, 5) is 11.3. The van der Waals surface area contributed by atoms with Crippen molar-refractivity contribution in [2.45, 2.75) is 0 Å². The maximum atomic E-state index is 11.3. The van der Waals surface area contributed by atoms with Gasteiger partial charge in [-0.2, -0.15) is 0 Å². The van der Waals surface area contributed by atoms with Crippen molar-refractivity contribution >= 4 is 22.8 Å². The van der Waals surface area contributed by atoms with E-state index in [1.165, 1.54) is 6.08 Å². The first-order chi connectivity index (χ1) is 11.7. The Kier molecular flexibility index (Phi) is 4.59. The van der Waals surface area contributed by atoms with Crippen molar-refractivity contribution in [2.75, 3.05) is 7.11 Å². The second-order valence-electron chi connectivity index (χ2n) is 5.29. The summed E-state index contributed by atoms with van der Waals surface area (Å²) in [6, 6.07) is 19.9. The molecule has 2 N–H and O–H groups in total. The van der Waals surface area contributed by atoms with E-state index in [1.54, 1.807) is 18.7 Å². The lowest BCUT2D eigenvalue weighted by atomic mass is 9.94.